The molecule has 0 aliphatic carbocycles. The minimum absolute atomic E-state index is 0.335. The summed E-state index contributed by atoms with van der Waals surface area (Å²) >= 11 is 1.88. The van der Waals surface area contributed by atoms with Crippen LogP contribution in [0.5, 0.6) is 11.5 Å². The van der Waals surface area contributed by atoms with Gasteiger partial charge in [0.05, 0.1) is 0 Å². The van der Waals surface area contributed by atoms with Crippen LogP contribution in [0.4, 0.5) is 0 Å². The minimum atomic E-state index is 0.335. The van der Waals surface area contributed by atoms with Crippen LogP contribution in [0.2, 0.25) is 0 Å². The molecule has 1 aliphatic heterocycles. The van der Waals surface area contributed by atoms with Crippen molar-refractivity contribution in [3.63, 3.8) is 0 Å². The first-order valence-electron chi connectivity index (χ1n) is 8.36. The van der Waals surface area contributed by atoms with Crippen molar-refractivity contribution in [1.82, 2.24) is 0 Å². The van der Waals surface area contributed by atoms with Gasteiger partial charge in [-0.2, -0.15) is 0 Å². The van der Waals surface area contributed by atoms with Gasteiger partial charge in [-0.25, -0.2) is 0 Å². The normalized spacial score (nSPS) is 12.7. The Balaban J connectivity index is 1.57. The number of ether oxygens (including phenoxy) is 2. The van der Waals surface area contributed by atoms with Crippen molar-refractivity contribution >= 4 is 22.5 Å². The van der Waals surface area contributed by atoms with E-state index in [2.05, 4.69) is 61.5 Å². The highest BCUT2D eigenvalue weighted by molar-refractivity contribution is 7.98. The number of hydrogen-bond acceptors (Lipinski definition) is 3. The zero-order chi connectivity index (χ0) is 16.4. The van der Waals surface area contributed by atoms with Crippen LogP contribution >= 0.6 is 11.8 Å². The first kappa shape index (κ1) is 15.4. The molecule has 0 unspecified atom stereocenters. The Morgan fingerprint density at radius 1 is 0.875 bits per heavy atom. The van der Waals surface area contributed by atoms with Gasteiger partial charge in [-0.05, 0) is 52.6 Å². The Morgan fingerprint density at radius 2 is 1.62 bits per heavy atom. The van der Waals surface area contributed by atoms with Crippen molar-refractivity contribution in [3.05, 3.63) is 65.7 Å². The minimum Gasteiger partial charge on any atom is -0.454 e. The second kappa shape index (κ2) is 6.78. The van der Waals surface area contributed by atoms with E-state index in [9.17, 15) is 0 Å². The maximum absolute atomic E-state index is 5.55. The van der Waals surface area contributed by atoms with Crippen molar-refractivity contribution < 1.29 is 9.47 Å². The molecule has 1 aliphatic rings. The summed E-state index contributed by atoms with van der Waals surface area (Å²) in [6.07, 6.45) is 2.21. The molecule has 0 bridgehead atoms. The summed E-state index contributed by atoms with van der Waals surface area (Å²) in [4.78, 5) is 1.30. The second-order valence-electron chi connectivity index (χ2n) is 6.02. The second-order valence-corrected chi connectivity index (χ2v) is 7.07. The molecule has 0 atom stereocenters. The van der Waals surface area contributed by atoms with Crippen molar-refractivity contribution in [1.29, 1.82) is 0 Å². The highest BCUT2D eigenvalue weighted by atomic mass is 32.2. The van der Waals surface area contributed by atoms with E-state index in [0.29, 0.717) is 6.79 Å². The summed E-state index contributed by atoms with van der Waals surface area (Å²) in [5.41, 5.74) is 2.72. The van der Waals surface area contributed by atoms with Crippen LogP contribution in [0, 0.1) is 0 Å². The molecule has 4 rings (SSSR count). The highest BCUT2D eigenvalue weighted by Crippen LogP contribution is 2.37. The number of fused-ring (bicyclic) bond motifs is 2. The topological polar surface area (TPSA) is 18.5 Å². The third-order valence-electron chi connectivity index (χ3n) is 4.33. The van der Waals surface area contributed by atoms with Crippen molar-refractivity contribution in [3.8, 4) is 11.5 Å². The SMILES string of the molecule is CCCc1cc2c(cc1CSc1ccc3ccccc3c1)OCO2. The van der Waals surface area contributed by atoms with Gasteiger partial charge in [-0.1, -0.05) is 43.7 Å². The van der Waals surface area contributed by atoms with E-state index >= 15 is 0 Å². The lowest BCUT2D eigenvalue weighted by Crippen LogP contribution is -1.93. The summed E-state index contributed by atoms with van der Waals surface area (Å²) in [5, 5.41) is 2.58. The van der Waals surface area contributed by atoms with Gasteiger partial charge in [0.1, 0.15) is 0 Å². The maximum Gasteiger partial charge on any atom is 0.231 e. The van der Waals surface area contributed by atoms with Gasteiger partial charge in [0.15, 0.2) is 11.5 Å². The van der Waals surface area contributed by atoms with Gasteiger partial charge in [0, 0.05) is 10.6 Å². The van der Waals surface area contributed by atoms with E-state index in [1.807, 2.05) is 11.8 Å². The fourth-order valence-corrected chi connectivity index (χ4v) is 4.05. The molecule has 122 valence electrons. The van der Waals surface area contributed by atoms with Crippen LogP contribution in [-0.4, -0.2) is 6.79 Å². The van der Waals surface area contributed by atoms with E-state index < -0.39 is 0 Å². The van der Waals surface area contributed by atoms with Crippen LogP contribution in [0.25, 0.3) is 10.8 Å². The molecular formula is C21H20O2S. The Morgan fingerprint density at radius 3 is 2.42 bits per heavy atom. The van der Waals surface area contributed by atoms with E-state index in [1.165, 1.54) is 26.8 Å². The molecular weight excluding hydrogens is 316 g/mol. The predicted octanol–water partition coefficient (Wildman–Crippen LogP) is 5.81. The van der Waals surface area contributed by atoms with E-state index in [4.69, 9.17) is 9.47 Å². The quantitative estimate of drug-likeness (QED) is 0.548. The van der Waals surface area contributed by atoms with Crippen molar-refractivity contribution in [2.24, 2.45) is 0 Å². The number of thioether (sulfide) groups is 1. The summed E-state index contributed by atoms with van der Waals surface area (Å²) in [6, 6.07) is 19.5. The molecule has 0 radical (unpaired) electrons. The average Bonchev–Trinajstić information content (AvgIpc) is 3.07. The number of rotatable bonds is 5. The van der Waals surface area contributed by atoms with Crippen LogP contribution in [0.1, 0.15) is 24.5 Å². The third kappa shape index (κ3) is 3.09. The molecule has 0 saturated heterocycles. The maximum atomic E-state index is 5.55. The number of hydrogen-bond donors (Lipinski definition) is 0. The Bertz CT molecular complexity index is 873. The fraction of sp³-hybridized carbons (Fsp3) is 0.238. The average molecular weight is 336 g/mol. The van der Waals surface area contributed by atoms with E-state index in [0.717, 1.165) is 30.1 Å². The largest absolute Gasteiger partial charge is 0.454 e. The number of benzene rings is 3. The molecule has 24 heavy (non-hydrogen) atoms. The highest BCUT2D eigenvalue weighted by Gasteiger charge is 2.17. The van der Waals surface area contributed by atoms with Gasteiger partial charge in [-0.15, -0.1) is 11.8 Å². The van der Waals surface area contributed by atoms with Gasteiger partial charge < -0.3 is 9.47 Å². The predicted molar refractivity (Wildman–Crippen MR) is 100 cm³/mol. The van der Waals surface area contributed by atoms with Gasteiger partial charge in [0.2, 0.25) is 6.79 Å². The van der Waals surface area contributed by atoms with E-state index in [1.54, 1.807) is 0 Å². The lowest BCUT2D eigenvalue weighted by Gasteiger charge is -2.11. The summed E-state index contributed by atoms with van der Waals surface area (Å²) in [5.74, 6) is 2.71. The summed E-state index contributed by atoms with van der Waals surface area (Å²) in [6.45, 7) is 2.55. The Labute approximate surface area is 146 Å². The molecule has 1 heterocycles. The lowest BCUT2D eigenvalue weighted by atomic mass is 10.0. The Kier molecular flexibility index (Phi) is 4.35. The smallest absolute Gasteiger partial charge is 0.231 e. The summed E-state index contributed by atoms with van der Waals surface area (Å²) < 4.78 is 11.1. The van der Waals surface area contributed by atoms with Gasteiger partial charge in [0.25, 0.3) is 0 Å². The molecule has 0 fully saturated rings. The summed E-state index contributed by atoms with van der Waals surface area (Å²) in [7, 11) is 0. The first-order chi connectivity index (χ1) is 11.8. The number of aryl methyl sites for hydroxylation is 1. The molecule has 3 aromatic carbocycles. The van der Waals surface area contributed by atoms with Crippen molar-refractivity contribution in [2.45, 2.75) is 30.4 Å². The third-order valence-corrected chi connectivity index (χ3v) is 5.37. The van der Waals surface area contributed by atoms with Gasteiger partial charge in [-0.3, -0.25) is 0 Å². The van der Waals surface area contributed by atoms with E-state index in [-0.39, 0.29) is 0 Å². The molecule has 0 spiro atoms. The molecule has 0 amide bonds. The molecule has 2 nitrogen and oxygen atoms in total. The molecule has 0 saturated carbocycles. The van der Waals surface area contributed by atoms with Gasteiger partial charge >= 0.3 is 0 Å². The fourth-order valence-electron chi connectivity index (χ4n) is 3.08. The Hall–Kier alpha value is -2.13. The standard InChI is InChI=1S/C21H20O2S/c1-2-5-16-11-20-21(23-14-22-20)12-18(16)13-24-19-9-8-15-6-3-4-7-17(15)10-19/h3-4,6-12H,2,5,13-14H2,1H3. The van der Waals surface area contributed by atoms with Crippen molar-refractivity contribution in [2.75, 3.05) is 6.79 Å². The molecule has 3 aromatic rings. The molecule has 0 aromatic heterocycles. The zero-order valence-corrected chi connectivity index (χ0v) is 14.6. The zero-order valence-electron chi connectivity index (χ0n) is 13.7. The first-order valence-corrected chi connectivity index (χ1v) is 9.35. The van der Waals surface area contributed by atoms with Crippen LogP contribution in [0.15, 0.2) is 59.5 Å². The monoisotopic (exact) mass is 336 g/mol. The lowest BCUT2D eigenvalue weighted by molar-refractivity contribution is 0.174. The molecule has 3 heteroatoms. The van der Waals surface area contributed by atoms with Crippen LogP contribution in [-0.2, 0) is 12.2 Å². The molecule has 0 N–H and O–H groups in total. The van der Waals surface area contributed by atoms with Crippen LogP contribution < -0.4 is 9.47 Å². The van der Waals surface area contributed by atoms with Crippen LogP contribution in [0.3, 0.4) is 0 Å².